The van der Waals surface area contributed by atoms with Gasteiger partial charge in [0, 0.05) is 18.7 Å². The van der Waals surface area contributed by atoms with Crippen molar-refractivity contribution < 1.29 is 19.4 Å². The minimum absolute atomic E-state index is 0. The maximum atomic E-state index is 11.3. The van der Waals surface area contributed by atoms with Crippen molar-refractivity contribution in [3.8, 4) is 17.1 Å². The normalized spacial score (nSPS) is 10.2. The number of carbonyl (C=O) groups is 2. The number of aromatic carboxylic acids is 1. The molecule has 0 atom stereocenters. The lowest BCUT2D eigenvalue weighted by molar-refractivity contribution is -0.114. The van der Waals surface area contributed by atoms with E-state index in [9.17, 15) is 14.7 Å². The Kier molecular flexibility index (Phi) is 5.18. The third kappa shape index (κ3) is 3.66. The van der Waals surface area contributed by atoms with E-state index in [1.54, 1.807) is 18.3 Å². The summed E-state index contributed by atoms with van der Waals surface area (Å²) >= 11 is 0. The van der Waals surface area contributed by atoms with Crippen LogP contribution in [-0.2, 0) is 4.79 Å². The molecule has 3 rings (SSSR count). The molecule has 0 aromatic carbocycles. The van der Waals surface area contributed by atoms with Crippen LogP contribution < -0.4 is 10.1 Å². The van der Waals surface area contributed by atoms with E-state index in [4.69, 9.17) is 4.74 Å². The van der Waals surface area contributed by atoms with Crippen LogP contribution in [0.2, 0.25) is 0 Å². The van der Waals surface area contributed by atoms with E-state index >= 15 is 0 Å². The van der Waals surface area contributed by atoms with E-state index in [0.29, 0.717) is 22.7 Å². The van der Waals surface area contributed by atoms with E-state index in [0.717, 1.165) is 0 Å². The quantitative estimate of drug-likeness (QED) is 0.726. The number of carboxylic acid groups (broad SMARTS) is 1. The number of fused-ring (bicyclic) bond motifs is 1. The maximum absolute atomic E-state index is 11.3. The van der Waals surface area contributed by atoms with E-state index in [1.807, 2.05) is 0 Å². The Labute approximate surface area is 148 Å². The number of hydrogen-bond donors (Lipinski definition) is 2. The molecule has 1 amide bonds. The molecule has 0 unspecified atom stereocenters. The van der Waals surface area contributed by atoms with Crippen molar-refractivity contribution in [2.45, 2.75) is 6.92 Å². The molecule has 0 aliphatic rings. The first-order valence-electron chi connectivity index (χ1n) is 6.89. The summed E-state index contributed by atoms with van der Waals surface area (Å²) in [5.74, 6) is -0.962. The Morgan fingerprint density at radius 3 is 2.72 bits per heavy atom. The highest BCUT2D eigenvalue weighted by Crippen LogP contribution is 2.23. The number of pyridine rings is 1. The fourth-order valence-electron chi connectivity index (χ4n) is 2.18. The summed E-state index contributed by atoms with van der Waals surface area (Å²) in [5.41, 5.74) is 1.51. The molecule has 0 aliphatic carbocycles. The summed E-state index contributed by atoms with van der Waals surface area (Å²) < 4.78 is 6.43. The fraction of sp³-hybridized carbons (Fsp3) is 0.133. The van der Waals surface area contributed by atoms with Gasteiger partial charge in [-0.1, -0.05) is 0 Å². The number of anilines is 1. The monoisotopic (exact) mass is 363 g/mol. The third-order valence-electron chi connectivity index (χ3n) is 3.19. The summed E-state index contributed by atoms with van der Waals surface area (Å²) in [4.78, 5) is 30.6. The van der Waals surface area contributed by atoms with Crippen molar-refractivity contribution in [1.82, 2.24) is 19.6 Å². The van der Waals surface area contributed by atoms with Crippen LogP contribution in [0.1, 0.15) is 17.3 Å². The minimum atomic E-state index is -1.14. The van der Waals surface area contributed by atoms with Crippen LogP contribution in [0.4, 0.5) is 5.82 Å². The summed E-state index contributed by atoms with van der Waals surface area (Å²) in [5, 5.41) is 16.2. The topological polar surface area (TPSA) is 119 Å². The Morgan fingerprint density at radius 1 is 1.32 bits per heavy atom. The molecule has 0 fully saturated rings. The van der Waals surface area contributed by atoms with Gasteiger partial charge in [0.15, 0.2) is 11.5 Å². The van der Waals surface area contributed by atoms with Gasteiger partial charge in [0.25, 0.3) is 0 Å². The summed E-state index contributed by atoms with van der Waals surface area (Å²) in [6, 6.07) is 4.83. The van der Waals surface area contributed by atoms with Crippen molar-refractivity contribution >= 4 is 35.7 Å². The zero-order valence-corrected chi connectivity index (χ0v) is 14.1. The number of amides is 1. The second kappa shape index (κ2) is 7.14. The lowest BCUT2D eigenvalue weighted by Gasteiger charge is -2.06. The molecule has 0 saturated carbocycles. The van der Waals surface area contributed by atoms with Gasteiger partial charge in [0.1, 0.15) is 5.56 Å². The van der Waals surface area contributed by atoms with E-state index in [-0.39, 0.29) is 29.8 Å². The average Bonchev–Trinajstić information content (AvgIpc) is 2.94. The van der Waals surface area contributed by atoms with Gasteiger partial charge >= 0.3 is 5.97 Å². The van der Waals surface area contributed by atoms with Crippen LogP contribution in [0, 0.1) is 0 Å². The Hall–Kier alpha value is -3.20. The highest BCUT2D eigenvalue weighted by atomic mass is 35.5. The first kappa shape index (κ1) is 18.1. The Morgan fingerprint density at radius 2 is 2.08 bits per heavy atom. The second-order valence-electron chi connectivity index (χ2n) is 4.91. The van der Waals surface area contributed by atoms with Crippen molar-refractivity contribution in [3.63, 3.8) is 0 Å². The number of hydrogen-bond acceptors (Lipinski definition) is 6. The zero-order chi connectivity index (χ0) is 17.3. The average molecular weight is 364 g/mol. The van der Waals surface area contributed by atoms with Crippen LogP contribution in [0.15, 0.2) is 30.6 Å². The maximum Gasteiger partial charge on any atom is 0.341 e. The van der Waals surface area contributed by atoms with E-state index in [2.05, 4.69) is 20.4 Å². The third-order valence-corrected chi connectivity index (χ3v) is 3.19. The molecule has 0 saturated heterocycles. The fourth-order valence-corrected chi connectivity index (χ4v) is 2.18. The van der Waals surface area contributed by atoms with E-state index < -0.39 is 5.97 Å². The number of aromatic nitrogens is 4. The molecular weight excluding hydrogens is 350 g/mol. The molecule has 0 bridgehead atoms. The van der Waals surface area contributed by atoms with Crippen molar-refractivity contribution in [1.29, 1.82) is 0 Å². The summed E-state index contributed by atoms with van der Waals surface area (Å²) in [6.07, 6.45) is 3.04. The zero-order valence-electron chi connectivity index (χ0n) is 13.3. The van der Waals surface area contributed by atoms with Crippen LogP contribution in [0.25, 0.3) is 16.9 Å². The van der Waals surface area contributed by atoms with Gasteiger partial charge in [0.05, 0.1) is 19.0 Å². The van der Waals surface area contributed by atoms with Gasteiger partial charge < -0.3 is 15.2 Å². The molecule has 0 spiro atoms. The molecule has 2 N–H and O–H groups in total. The number of carboxylic acids is 1. The first-order chi connectivity index (χ1) is 11.5. The lowest BCUT2D eigenvalue weighted by atomic mass is 10.1. The largest absolute Gasteiger partial charge is 0.480 e. The number of rotatable bonds is 4. The van der Waals surface area contributed by atoms with Crippen LogP contribution in [0.5, 0.6) is 5.88 Å². The predicted molar refractivity (Wildman–Crippen MR) is 91.3 cm³/mol. The van der Waals surface area contributed by atoms with Gasteiger partial charge in [0.2, 0.25) is 11.8 Å². The Bertz CT molecular complexity index is 956. The molecule has 3 aromatic rings. The molecule has 0 radical (unpaired) electrons. The molecule has 130 valence electrons. The number of nitrogens with zero attached hydrogens (tertiary/aromatic N) is 4. The number of methoxy groups -OCH3 is 1. The highest BCUT2D eigenvalue weighted by Gasteiger charge is 2.15. The van der Waals surface area contributed by atoms with Gasteiger partial charge in [-0.25, -0.2) is 19.3 Å². The van der Waals surface area contributed by atoms with Crippen molar-refractivity contribution in [2.24, 2.45) is 0 Å². The Balaban J connectivity index is 0.00000225. The number of imidazole rings is 1. The molecule has 9 nitrogen and oxygen atoms in total. The van der Waals surface area contributed by atoms with E-state index in [1.165, 1.54) is 30.8 Å². The number of carbonyl (C=O) groups excluding carboxylic acids is 1. The highest BCUT2D eigenvalue weighted by molar-refractivity contribution is 5.91. The van der Waals surface area contributed by atoms with Gasteiger partial charge in [-0.3, -0.25) is 4.79 Å². The molecule has 3 heterocycles. The molecule has 0 aliphatic heterocycles. The summed E-state index contributed by atoms with van der Waals surface area (Å²) in [7, 11) is 1.35. The SMILES string of the molecule is COc1ncc(-c2ccc3nc(NC(C)=O)cn3n2)cc1C(=O)O.Cl. The molecule has 25 heavy (non-hydrogen) atoms. The summed E-state index contributed by atoms with van der Waals surface area (Å²) in [6.45, 7) is 1.39. The van der Waals surface area contributed by atoms with Crippen LogP contribution in [0.3, 0.4) is 0 Å². The van der Waals surface area contributed by atoms with Crippen LogP contribution in [-0.4, -0.2) is 43.7 Å². The molecule has 10 heteroatoms. The second-order valence-corrected chi connectivity index (χ2v) is 4.91. The molecular formula is C15H14ClN5O4. The standard InChI is InChI=1S/C15H13N5O4.ClH/c1-8(21)17-12-7-20-13(18-12)4-3-11(19-20)9-5-10(15(22)23)14(24-2)16-6-9;/h3-7H,1-2H3,(H,17,21)(H,22,23);1H. The molecule has 3 aromatic heterocycles. The first-order valence-corrected chi connectivity index (χ1v) is 6.89. The van der Waals surface area contributed by atoms with Crippen LogP contribution >= 0.6 is 12.4 Å². The number of nitrogens with one attached hydrogen (secondary N) is 1. The van der Waals surface area contributed by atoms with Gasteiger partial charge in [-0.05, 0) is 18.2 Å². The number of halogens is 1. The smallest absolute Gasteiger partial charge is 0.341 e. The predicted octanol–water partition coefficient (Wildman–Crippen LogP) is 1.88. The number of ether oxygens (including phenoxy) is 1. The lowest BCUT2D eigenvalue weighted by Crippen LogP contribution is -2.05. The van der Waals surface area contributed by atoms with Gasteiger partial charge in [-0.15, -0.1) is 12.4 Å². The van der Waals surface area contributed by atoms with Crippen molar-refractivity contribution in [2.75, 3.05) is 12.4 Å². The minimum Gasteiger partial charge on any atom is -0.480 e. The van der Waals surface area contributed by atoms with Crippen molar-refractivity contribution in [3.05, 3.63) is 36.2 Å². The van der Waals surface area contributed by atoms with Gasteiger partial charge in [-0.2, -0.15) is 5.10 Å².